The molecule has 0 amide bonds. The first-order valence-electron chi connectivity index (χ1n) is 9.09. The summed E-state index contributed by atoms with van der Waals surface area (Å²) in [5, 5.41) is 8.99. The average molecular weight is 373 g/mol. The molecule has 0 saturated carbocycles. The van der Waals surface area contributed by atoms with Gasteiger partial charge >= 0.3 is 0 Å². The van der Waals surface area contributed by atoms with Gasteiger partial charge < -0.3 is 15.4 Å². The second-order valence-electron chi connectivity index (χ2n) is 6.39. The maximum absolute atomic E-state index is 5.10. The van der Waals surface area contributed by atoms with Crippen molar-refractivity contribution in [2.45, 2.75) is 19.0 Å². The van der Waals surface area contributed by atoms with Crippen molar-refractivity contribution < 1.29 is 4.74 Å². The lowest BCUT2D eigenvalue weighted by Gasteiger charge is -2.35. The normalized spacial score (nSPS) is 16.2. The lowest BCUT2D eigenvalue weighted by Crippen LogP contribution is -2.44. The van der Waals surface area contributed by atoms with Gasteiger partial charge in [-0.15, -0.1) is 11.3 Å². The summed E-state index contributed by atoms with van der Waals surface area (Å²) in [4.78, 5) is 8.43. The van der Waals surface area contributed by atoms with Crippen LogP contribution >= 0.6 is 11.3 Å². The highest BCUT2D eigenvalue weighted by Gasteiger charge is 2.25. The fourth-order valence-corrected chi connectivity index (χ4v) is 4.24. The number of benzene rings is 1. The van der Waals surface area contributed by atoms with E-state index in [-0.39, 0.29) is 0 Å². The van der Waals surface area contributed by atoms with Gasteiger partial charge in [0.2, 0.25) is 0 Å². The maximum Gasteiger partial charge on any atom is 0.191 e. The van der Waals surface area contributed by atoms with E-state index in [1.807, 2.05) is 11.3 Å². The number of ether oxygens (including phenoxy) is 1. The molecule has 0 spiro atoms. The van der Waals surface area contributed by atoms with Crippen molar-refractivity contribution in [1.29, 1.82) is 0 Å². The standard InChI is InChI=1S/C20H28N4OS/c1-21-20(22-10-12-25-2)23-14-18(16-6-4-3-5-7-16)24-11-8-19-17(15-24)9-13-26-19/h3-7,9,13,18H,8,10-12,14-15H2,1-2H3,(H2,21,22,23). The van der Waals surface area contributed by atoms with Gasteiger partial charge in [0.15, 0.2) is 5.96 Å². The Kier molecular flexibility index (Phi) is 7.05. The zero-order valence-electron chi connectivity index (χ0n) is 15.6. The van der Waals surface area contributed by atoms with Crippen molar-refractivity contribution in [3.05, 3.63) is 57.8 Å². The molecule has 1 aliphatic heterocycles. The molecule has 1 atom stereocenters. The molecule has 1 aromatic heterocycles. The molecule has 5 nitrogen and oxygen atoms in total. The third-order valence-corrected chi connectivity index (χ3v) is 5.77. The van der Waals surface area contributed by atoms with Gasteiger partial charge in [-0.2, -0.15) is 0 Å². The molecule has 0 saturated heterocycles. The second-order valence-corrected chi connectivity index (χ2v) is 7.39. The first-order valence-corrected chi connectivity index (χ1v) is 9.97. The van der Waals surface area contributed by atoms with Crippen LogP contribution in [0.2, 0.25) is 0 Å². The summed E-state index contributed by atoms with van der Waals surface area (Å²) in [5.74, 6) is 0.816. The smallest absolute Gasteiger partial charge is 0.191 e. The number of nitrogens with one attached hydrogen (secondary N) is 2. The number of aliphatic imine (C=N–C) groups is 1. The third-order valence-electron chi connectivity index (χ3n) is 4.75. The van der Waals surface area contributed by atoms with Crippen LogP contribution in [0, 0.1) is 0 Å². The maximum atomic E-state index is 5.10. The van der Waals surface area contributed by atoms with E-state index in [1.54, 1.807) is 14.2 Å². The highest BCUT2D eigenvalue weighted by atomic mass is 32.1. The highest BCUT2D eigenvalue weighted by molar-refractivity contribution is 7.10. The lowest BCUT2D eigenvalue weighted by atomic mass is 10.0. The van der Waals surface area contributed by atoms with Crippen LogP contribution in [0.1, 0.15) is 22.0 Å². The minimum Gasteiger partial charge on any atom is -0.383 e. The SMILES string of the molecule is CN=C(NCCOC)NCC(c1ccccc1)N1CCc2sccc2C1. The second kappa shape index (κ2) is 9.71. The Balaban J connectivity index is 1.69. The van der Waals surface area contributed by atoms with Gasteiger partial charge in [0, 0.05) is 45.2 Å². The lowest BCUT2D eigenvalue weighted by molar-refractivity contribution is 0.180. The molecule has 26 heavy (non-hydrogen) atoms. The van der Waals surface area contributed by atoms with Gasteiger partial charge in [-0.25, -0.2) is 0 Å². The fourth-order valence-electron chi connectivity index (χ4n) is 3.35. The van der Waals surface area contributed by atoms with Gasteiger partial charge in [-0.05, 0) is 29.0 Å². The fraction of sp³-hybridized carbons (Fsp3) is 0.450. The highest BCUT2D eigenvalue weighted by Crippen LogP contribution is 2.30. The van der Waals surface area contributed by atoms with Gasteiger partial charge in [-0.3, -0.25) is 9.89 Å². The van der Waals surface area contributed by atoms with Crippen LogP contribution in [0.5, 0.6) is 0 Å². The summed E-state index contributed by atoms with van der Waals surface area (Å²) < 4.78 is 5.10. The van der Waals surface area contributed by atoms with E-state index in [0.717, 1.165) is 38.6 Å². The van der Waals surface area contributed by atoms with Crippen molar-refractivity contribution >= 4 is 17.3 Å². The van der Waals surface area contributed by atoms with Crippen molar-refractivity contribution in [3.63, 3.8) is 0 Å². The quantitative estimate of drug-likeness (QED) is 0.446. The molecule has 1 unspecified atom stereocenters. The Morgan fingerprint density at radius 2 is 2.12 bits per heavy atom. The Morgan fingerprint density at radius 3 is 2.88 bits per heavy atom. The Labute approximate surface area is 160 Å². The monoisotopic (exact) mass is 372 g/mol. The van der Waals surface area contributed by atoms with Gasteiger partial charge in [-0.1, -0.05) is 30.3 Å². The van der Waals surface area contributed by atoms with E-state index in [4.69, 9.17) is 4.74 Å². The number of methoxy groups -OCH3 is 1. The summed E-state index contributed by atoms with van der Waals surface area (Å²) in [7, 11) is 3.51. The molecule has 3 rings (SSSR count). The molecular formula is C20H28N4OS. The van der Waals surface area contributed by atoms with Crippen LogP contribution in [-0.2, 0) is 17.7 Å². The molecule has 0 aliphatic carbocycles. The molecule has 2 aromatic rings. The van der Waals surface area contributed by atoms with E-state index in [9.17, 15) is 0 Å². The molecular weight excluding hydrogens is 344 g/mol. The first kappa shape index (κ1) is 18.9. The summed E-state index contributed by atoms with van der Waals surface area (Å²) in [6.07, 6.45) is 1.14. The average Bonchev–Trinajstić information content (AvgIpc) is 3.15. The van der Waals surface area contributed by atoms with Gasteiger partial charge in [0.05, 0.1) is 12.6 Å². The van der Waals surface area contributed by atoms with E-state index >= 15 is 0 Å². The summed E-state index contributed by atoms with van der Waals surface area (Å²) in [5.41, 5.74) is 2.82. The predicted octanol–water partition coefficient (Wildman–Crippen LogP) is 2.66. The minimum atomic E-state index is 0.310. The Morgan fingerprint density at radius 1 is 1.27 bits per heavy atom. The molecule has 2 heterocycles. The van der Waals surface area contributed by atoms with Crippen molar-refractivity contribution in [2.24, 2.45) is 4.99 Å². The van der Waals surface area contributed by atoms with Crippen molar-refractivity contribution in [1.82, 2.24) is 15.5 Å². The largest absolute Gasteiger partial charge is 0.383 e. The number of nitrogens with zero attached hydrogens (tertiary/aromatic N) is 2. The molecule has 0 radical (unpaired) electrons. The van der Waals surface area contributed by atoms with E-state index in [0.29, 0.717) is 12.6 Å². The van der Waals surface area contributed by atoms with Crippen molar-refractivity contribution in [3.8, 4) is 0 Å². The number of thiophene rings is 1. The minimum absolute atomic E-state index is 0.310. The summed E-state index contributed by atoms with van der Waals surface area (Å²) in [6, 6.07) is 13.3. The number of fused-ring (bicyclic) bond motifs is 1. The number of hydrogen-bond donors (Lipinski definition) is 2. The van der Waals surface area contributed by atoms with Crippen molar-refractivity contribution in [2.75, 3.05) is 40.4 Å². The Bertz CT molecular complexity index is 701. The van der Waals surface area contributed by atoms with Crippen LogP contribution in [0.15, 0.2) is 46.8 Å². The zero-order chi connectivity index (χ0) is 18.2. The molecule has 6 heteroatoms. The van der Waals surface area contributed by atoms with E-state index < -0.39 is 0 Å². The Hall–Kier alpha value is -1.89. The predicted molar refractivity (Wildman–Crippen MR) is 109 cm³/mol. The van der Waals surface area contributed by atoms with Crippen LogP contribution < -0.4 is 10.6 Å². The molecule has 0 bridgehead atoms. The number of hydrogen-bond acceptors (Lipinski definition) is 4. The van der Waals surface area contributed by atoms with Crippen LogP contribution in [0.25, 0.3) is 0 Å². The number of guanidine groups is 1. The van der Waals surface area contributed by atoms with Gasteiger partial charge in [0.1, 0.15) is 0 Å². The summed E-state index contributed by atoms with van der Waals surface area (Å²) >= 11 is 1.88. The topological polar surface area (TPSA) is 48.9 Å². The van der Waals surface area contributed by atoms with Gasteiger partial charge in [0.25, 0.3) is 0 Å². The van der Waals surface area contributed by atoms with E-state index in [1.165, 1.54) is 16.0 Å². The zero-order valence-corrected chi connectivity index (χ0v) is 16.4. The van der Waals surface area contributed by atoms with Crippen LogP contribution in [-0.4, -0.2) is 51.3 Å². The third kappa shape index (κ3) is 4.84. The molecule has 140 valence electrons. The van der Waals surface area contributed by atoms with Crippen LogP contribution in [0.3, 0.4) is 0 Å². The first-order chi connectivity index (χ1) is 12.8. The molecule has 0 fully saturated rings. The molecule has 1 aliphatic rings. The molecule has 2 N–H and O–H groups in total. The number of rotatable bonds is 7. The van der Waals surface area contributed by atoms with Crippen LogP contribution in [0.4, 0.5) is 0 Å². The summed E-state index contributed by atoms with van der Waals surface area (Å²) in [6.45, 7) is 4.32. The van der Waals surface area contributed by atoms with E-state index in [2.05, 4.69) is 62.3 Å². The molecule has 1 aromatic carbocycles.